The van der Waals surface area contributed by atoms with Crippen LogP contribution in [0.3, 0.4) is 0 Å². The number of pyridine rings is 2. The molecule has 0 saturated carbocycles. The summed E-state index contributed by atoms with van der Waals surface area (Å²) in [7, 11) is -1.97. The fraction of sp³-hybridized carbons (Fsp3) is 0.241. The first-order valence-electron chi connectivity index (χ1n) is 13.9. The maximum absolute atomic E-state index is 12.4. The Morgan fingerprint density at radius 3 is 1.42 bits per heavy atom. The van der Waals surface area contributed by atoms with Crippen molar-refractivity contribution < 1.29 is 16.8 Å². The smallest absolute Gasteiger partial charge is 0.261 e. The maximum atomic E-state index is 12.4. The van der Waals surface area contributed by atoms with E-state index in [1.54, 1.807) is 60.5 Å². The van der Waals surface area contributed by atoms with Gasteiger partial charge in [0.05, 0.1) is 21.2 Å². The molecule has 0 amide bonds. The number of nitrogens with zero attached hydrogens (tertiary/aromatic N) is 3. The number of nitrogens with two attached hydrogens (primary N) is 2. The number of nitrogens with one attached hydrogen (secondary N) is 5. The average molecular weight is 657 g/mol. The highest BCUT2D eigenvalue weighted by molar-refractivity contribution is 7.93. The van der Waals surface area contributed by atoms with E-state index in [-0.39, 0.29) is 9.79 Å². The van der Waals surface area contributed by atoms with Gasteiger partial charge < -0.3 is 32.3 Å². The number of nitrogen functional groups attached to an aromatic ring is 2. The lowest BCUT2D eigenvalue weighted by atomic mass is 10.3. The van der Waals surface area contributed by atoms with Gasteiger partial charge in [0.15, 0.2) is 0 Å². The van der Waals surface area contributed by atoms with Gasteiger partial charge in [-0.1, -0.05) is 0 Å². The molecule has 0 bridgehead atoms. The second-order valence-corrected chi connectivity index (χ2v) is 13.1. The van der Waals surface area contributed by atoms with Gasteiger partial charge in [0.1, 0.15) is 23.3 Å². The summed E-state index contributed by atoms with van der Waals surface area (Å²) in [6.07, 6.45) is 0. The molecule has 0 unspecified atom stereocenters. The molecule has 0 atom stereocenters. The van der Waals surface area contributed by atoms with E-state index in [1.807, 2.05) is 27.9 Å². The van der Waals surface area contributed by atoms with Crippen LogP contribution in [0.2, 0.25) is 0 Å². The highest BCUT2D eigenvalue weighted by atomic mass is 32.2. The van der Waals surface area contributed by atoms with Crippen molar-refractivity contribution in [2.75, 3.05) is 76.0 Å². The van der Waals surface area contributed by atoms with Gasteiger partial charge >= 0.3 is 0 Å². The van der Waals surface area contributed by atoms with Crippen molar-refractivity contribution in [3.05, 3.63) is 72.8 Å². The molecule has 0 saturated heterocycles. The summed E-state index contributed by atoms with van der Waals surface area (Å²) < 4.78 is 54.8. The number of rotatable bonds is 12. The van der Waals surface area contributed by atoms with Crippen molar-refractivity contribution in [3.8, 4) is 0 Å². The summed E-state index contributed by atoms with van der Waals surface area (Å²) >= 11 is 0. The Balaban J connectivity index is 0.000000246. The summed E-state index contributed by atoms with van der Waals surface area (Å²) in [5.74, 6) is 2.41. The van der Waals surface area contributed by atoms with E-state index in [4.69, 9.17) is 11.5 Å². The quantitative estimate of drug-likeness (QED) is 0.108. The fourth-order valence-corrected chi connectivity index (χ4v) is 5.87. The van der Waals surface area contributed by atoms with E-state index < -0.39 is 20.0 Å². The minimum Gasteiger partial charge on any atom is -0.399 e. The largest absolute Gasteiger partial charge is 0.399 e. The molecule has 242 valence electrons. The molecule has 4 aromatic rings. The van der Waals surface area contributed by atoms with Crippen molar-refractivity contribution in [3.63, 3.8) is 0 Å². The third-order valence-electron chi connectivity index (χ3n) is 5.95. The highest BCUT2D eigenvalue weighted by Gasteiger charge is 2.16. The lowest BCUT2D eigenvalue weighted by Gasteiger charge is -2.15. The predicted octanol–water partition coefficient (Wildman–Crippen LogP) is 3.90. The zero-order valence-corrected chi connectivity index (χ0v) is 27.4. The standard InChI is InChI=1S/C15H21N5O2S.C14H19N5O2S/c1-3-17-14-9-12(10-15(19-14)18-4-2)20-23(21,22)13-7-5-11(16)6-8-13;1-16-13-8-11(9-14(17-13)19(2)3)18-22(20,21)12-6-4-10(15)5-7-12/h5-10H,3-4,16H2,1-2H3,(H3,17,18,19,20);4-9H,15H2,1-3H3,(H2,16,17,18). The number of benzene rings is 2. The van der Waals surface area contributed by atoms with Crippen LogP contribution in [0.4, 0.5) is 46.0 Å². The van der Waals surface area contributed by atoms with E-state index in [1.165, 1.54) is 24.3 Å². The second kappa shape index (κ2) is 15.2. The van der Waals surface area contributed by atoms with E-state index >= 15 is 0 Å². The number of anilines is 8. The minimum atomic E-state index is -3.68. The Morgan fingerprint density at radius 1 is 0.644 bits per heavy atom. The van der Waals surface area contributed by atoms with Gasteiger partial charge in [-0.05, 0) is 62.4 Å². The Bertz CT molecular complexity index is 1760. The zero-order valence-electron chi connectivity index (χ0n) is 25.8. The molecule has 2 heterocycles. The molecule has 0 aliphatic heterocycles. The van der Waals surface area contributed by atoms with E-state index in [0.717, 1.165) is 0 Å². The van der Waals surface area contributed by atoms with Crippen LogP contribution in [0.1, 0.15) is 13.8 Å². The maximum Gasteiger partial charge on any atom is 0.261 e. The Labute approximate surface area is 264 Å². The predicted molar refractivity (Wildman–Crippen MR) is 184 cm³/mol. The molecule has 0 radical (unpaired) electrons. The summed E-state index contributed by atoms with van der Waals surface area (Å²) in [5, 5.41) is 9.06. The molecule has 4 rings (SSSR count). The van der Waals surface area contributed by atoms with Crippen LogP contribution >= 0.6 is 0 Å². The van der Waals surface area contributed by atoms with Gasteiger partial charge in [-0.3, -0.25) is 9.44 Å². The van der Waals surface area contributed by atoms with Gasteiger partial charge in [0.25, 0.3) is 20.0 Å². The molecular formula is C29H40N10O4S2. The monoisotopic (exact) mass is 656 g/mol. The van der Waals surface area contributed by atoms with E-state index in [9.17, 15) is 16.8 Å². The van der Waals surface area contributed by atoms with Crippen molar-refractivity contribution in [2.24, 2.45) is 0 Å². The summed E-state index contributed by atoms with van der Waals surface area (Å²) in [6, 6.07) is 18.6. The molecule has 45 heavy (non-hydrogen) atoms. The van der Waals surface area contributed by atoms with Crippen LogP contribution < -0.4 is 41.8 Å². The molecule has 9 N–H and O–H groups in total. The fourth-order valence-electron chi connectivity index (χ4n) is 3.79. The molecule has 2 aromatic carbocycles. The van der Waals surface area contributed by atoms with Crippen molar-refractivity contribution in [1.82, 2.24) is 9.97 Å². The molecule has 0 spiro atoms. The summed E-state index contributed by atoms with van der Waals surface area (Å²) in [5.41, 5.74) is 13.0. The molecule has 0 fully saturated rings. The molecule has 0 aliphatic rings. The lowest BCUT2D eigenvalue weighted by Crippen LogP contribution is -2.16. The van der Waals surface area contributed by atoms with Gasteiger partial charge in [-0.2, -0.15) is 0 Å². The van der Waals surface area contributed by atoms with Crippen LogP contribution in [0, 0.1) is 0 Å². The van der Waals surface area contributed by atoms with Gasteiger partial charge in [0, 0.05) is 69.9 Å². The zero-order chi connectivity index (χ0) is 33.2. The van der Waals surface area contributed by atoms with Gasteiger partial charge in [-0.15, -0.1) is 0 Å². The first-order valence-corrected chi connectivity index (χ1v) is 16.9. The van der Waals surface area contributed by atoms with Gasteiger partial charge in [0.2, 0.25) is 0 Å². The average Bonchev–Trinajstić information content (AvgIpc) is 2.97. The second-order valence-electron chi connectivity index (χ2n) is 9.78. The minimum absolute atomic E-state index is 0.149. The van der Waals surface area contributed by atoms with Crippen LogP contribution in [-0.2, 0) is 20.0 Å². The Hall–Kier alpha value is -4.96. The number of hydrogen-bond donors (Lipinski definition) is 7. The van der Waals surface area contributed by atoms with Crippen molar-refractivity contribution in [2.45, 2.75) is 23.6 Å². The molecule has 0 aliphatic carbocycles. The van der Waals surface area contributed by atoms with Crippen LogP contribution in [0.15, 0.2) is 82.6 Å². The van der Waals surface area contributed by atoms with Gasteiger partial charge in [-0.25, -0.2) is 26.8 Å². The van der Waals surface area contributed by atoms with Crippen LogP contribution in [0.5, 0.6) is 0 Å². The molecule has 2 aromatic heterocycles. The summed E-state index contributed by atoms with van der Waals surface area (Å²) in [6.45, 7) is 5.26. The number of aromatic nitrogens is 2. The third-order valence-corrected chi connectivity index (χ3v) is 8.75. The molecule has 16 heteroatoms. The van der Waals surface area contributed by atoms with E-state index in [2.05, 4.69) is 35.4 Å². The lowest BCUT2D eigenvalue weighted by molar-refractivity contribution is 0.599. The van der Waals surface area contributed by atoms with Crippen LogP contribution in [-0.4, -0.2) is 61.0 Å². The Morgan fingerprint density at radius 2 is 1.04 bits per heavy atom. The number of hydrogen-bond acceptors (Lipinski definition) is 12. The van der Waals surface area contributed by atoms with Crippen molar-refractivity contribution >= 4 is 66.1 Å². The number of sulfonamides is 2. The SMILES string of the molecule is CCNc1cc(NS(=O)(=O)c2ccc(N)cc2)cc(NCC)n1.CNc1cc(NS(=O)(=O)c2ccc(N)cc2)cc(N(C)C)n1. The summed E-state index contributed by atoms with van der Waals surface area (Å²) in [4.78, 5) is 10.8. The third kappa shape index (κ3) is 10.0. The molecule has 14 nitrogen and oxygen atoms in total. The topological polar surface area (TPSA) is 209 Å². The van der Waals surface area contributed by atoms with E-state index in [0.29, 0.717) is 59.1 Å². The Kier molecular flexibility index (Phi) is 11.6. The highest BCUT2D eigenvalue weighted by Crippen LogP contribution is 2.24. The first kappa shape index (κ1) is 34.5. The molecular weight excluding hydrogens is 617 g/mol. The first-order chi connectivity index (χ1) is 21.3. The van der Waals surface area contributed by atoms with Crippen LogP contribution in [0.25, 0.3) is 0 Å². The normalized spacial score (nSPS) is 11.0. The van der Waals surface area contributed by atoms with Crippen molar-refractivity contribution in [1.29, 1.82) is 0 Å².